The lowest BCUT2D eigenvalue weighted by Crippen LogP contribution is -2.12. The van der Waals surface area contributed by atoms with Gasteiger partial charge in [0.15, 0.2) is 0 Å². The summed E-state index contributed by atoms with van der Waals surface area (Å²) in [5.74, 6) is 0.908. The van der Waals surface area contributed by atoms with Crippen LogP contribution in [0.15, 0.2) is 24.3 Å². The Labute approximate surface area is 122 Å². The Bertz CT molecular complexity index is 357. The highest BCUT2D eigenvalue weighted by Gasteiger charge is 2.01. The van der Waals surface area contributed by atoms with Crippen LogP contribution in [0.25, 0.3) is 0 Å². The molecule has 1 N–H and O–H groups in total. The van der Waals surface area contributed by atoms with E-state index in [2.05, 4.69) is 19.2 Å². The third-order valence-corrected chi connectivity index (χ3v) is 2.96. The quantitative estimate of drug-likeness (QED) is 0.632. The maximum Gasteiger partial charge on any atom is 0.121 e. The molecule has 0 aliphatic heterocycles. The third-order valence-electron chi connectivity index (χ3n) is 2.96. The zero-order valence-corrected chi connectivity index (χ0v) is 12.9. The van der Waals surface area contributed by atoms with E-state index >= 15 is 0 Å². The van der Waals surface area contributed by atoms with Gasteiger partial charge in [0.1, 0.15) is 5.75 Å². The van der Waals surface area contributed by atoms with Gasteiger partial charge in [-0.25, -0.2) is 0 Å². The van der Waals surface area contributed by atoms with Crippen LogP contribution in [-0.4, -0.2) is 39.6 Å². The fraction of sp³-hybridized carbons (Fsp3) is 0.625. The summed E-state index contributed by atoms with van der Waals surface area (Å²) >= 11 is 0. The minimum Gasteiger partial charge on any atom is -0.491 e. The molecule has 0 aliphatic carbocycles. The molecule has 1 unspecified atom stereocenters. The molecule has 0 amide bonds. The predicted molar refractivity (Wildman–Crippen MR) is 82.6 cm³/mol. The van der Waals surface area contributed by atoms with Gasteiger partial charge >= 0.3 is 0 Å². The van der Waals surface area contributed by atoms with Crippen LogP contribution in [0.5, 0.6) is 5.75 Å². The highest BCUT2D eigenvalue weighted by molar-refractivity contribution is 5.48. The van der Waals surface area contributed by atoms with Crippen LogP contribution < -0.4 is 10.1 Å². The van der Waals surface area contributed by atoms with E-state index in [0.717, 1.165) is 44.0 Å². The average molecular weight is 281 g/mol. The van der Waals surface area contributed by atoms with Gasteiger partial charge in [-0.05, 0) is 31.9 Å². The van der Waals surface area contributed by atoms with Crippen molar-refractivity contribution in [2.75, 3.05) is 38.8 Å². The van der Waals surface area contributed by atoms with Gasteiger partial charge < -0.3 is 19.5 Å². The number of benzene rings is 1. The molecule has 0 radical (unpaired) electrons. The molecular formula is C16H27NO3. The molecule has 1 aromatic rings. The van der Waals surface area contributed by atoms with E-state index in [0.29, 0.717) is 6.61 Å². The summed E-state index contributed by atoms with van der Waals surface area (Å²) in [6.07, 6.45) is 2.19. The predicted octanol–water partition coefficient (Wildman–Crippen LogP) is 3.33. The zero-order chi connectivity index (χ0) is 14.6. The molecule has 114 valence electrons. The Hall–Kier alpha value is -1.26. The Morgan fingerprint density at radius 2 is 2.05 bits per heavy atom. The van der Waals surface area contributed by atoms with Gasteiger partial charge in [-0.1, -0.05) is 13.0 Å². The normalized spacial score (nSPS) is 12.2. The first-order valence-corrected chi connectivity index (χ1v) is 7.33. The van der Waals surface area contributed by atoms with Crippen LogP contribution in [0.2, 0.25) is 0 Å². The van der Waals surface area contributed by atoms with Crippen molar-refractivity contribution < 1.29 is 14.2 Å². The first-order valence-electron chi connectivity index (χ1n) is 7.33. The fourth-order valence-electron chi connectivity index (χ4n) is 1.67. The highest BCUT2D eigenvalue weighted by Crippen LogP contribution is 2.18. The Morgan fingerprint density at radius 3 is 2.80 bits per heavy atom. The molecule has 0 aliphatic rings. The first kappa shape index (κ1) is 16.8. The maximum absolute atomic E-state index is 5.79. The van der Waals surface area contributed by atoms with Gasteiger partial charge in [0.25, 0.3) is 0 Å². The largest absolute Gasteiger partial charge is 0.491 e. The van der Waals surface area contributed by atoms with E-state index in [-0.39, 0.29) is 6.10 Å². The van der Waals surface area contributed by atoms with Gasteiger partial charge in [0.05, 0.1) is 12.7 Å². The fourth-order valence-corrected chi connectivity index (χ4v) is 1.67. The van der Waals surface area contributed by atoms with Crippen molar-refractivity contribution in [3.05, 3.63) is 24.3 Å². The molecular weight excluding hydrogens is 254 g/mol. The lowest BCUT2D eigenvalue weighted by Gasteiger charge is -2.14. The van der Waals surface area contributed by atoms with E-state index in [1.807, 2.05) is 24.3 Å². The summed E-state index contributed by atoms with van der Waals surface area (Å²) in [6, 6.07) is 8.05. The summed E-state index contributed by atoms with van der Waals surface area (Å²) < 4.78 is 16.2. The van der Waals surface area contributed by atoms with Crippen LogP contribution in [0, 0.1) is 0 Å². The minimum absolute atomic E-state index is 0.245. The van der Waals surface area contributed by atoms with E-state index in [9.17, 15) is 0 Å². The summed E-state index contributed by atoms with van der Waals surface area (Å²) in [7, 11) is 1.70. The summed E-state index contributed by atoms with van der Waals surface area (Å²) in [6.45, 7) is 7.18. The molecule has 0 spiro atoms. The molecule has 0 fully saturated rings. The topological polar surface area (TPSA) is 39.7 Å². The molecule has 0 saturated carbocycles. The van der Waals surface area contributed by atoms with Crippen molar-refractivity contribution in [1.29, 1.82) is 0 Å². The summed E-state index contributed by atoms with van der Waals surface area (Å²) in [5, 5.41) is 3.33. The maximum atomic E-state index is 5.79. The molecule has 1 rings (SSSR count). The Kier molecular flexibility index (Phi) is 8.83. The number of hydrogen-bond acceptors (Lipinski definition) is 4. The van der Waals surface area contributed by atoms with Gasteiger partial charge in [0.2, 0.25) is 0 Å². The first-order chi connectivity index (χ1) is 9.76. The van der Waals surface area contributed by atoms with Gasteiger partial charge in [-0.2, -0.15) is 0 Å². The van der Waals surface area contributed by atoms with E-state index in [1.54, 1.807) is 7.11 Å². The molecule has 1 atom stereocenters. The summed E-state index contributed by atoms with van der Waals surface area (Å²) in [4.78, 5) is 0. The number of anilines is 1. The monoisotopic (exact) mass is 281 g/mol. The van der Waals surface area contributed by atoms with Crippen LogP contribution in [0.3, 0.4) is 0 Å². The lowest BCUT2D eigenvalue weighted by atomic mass is 10.2. The van der Waals surface area contributed by atoms with E-state index in [4.69, 9.17) is 14.2 Å². The molecule has 4 nitrogen and oxygen atoms in total. The van der Waals surface area contributed by atoms with Crippen LogP contribution in [0.4, 0.5) is 5.69 Å². The number of ether oxygens (including phenoxy) is 3. The SMILES string of the molecule is CCC(C)Oc1cccc(NCCOCCCOC)c1. The Balaban J connectivity index is 2.21. The van der Waals surface area contributed by atoms with Crippen LogP contribution >= 0.6 is 0 Å². The molecule has 1 aromatic carbocycles. The average Bonchev–Trinajstić information content (AvgIpc) is 2.46. The van der Waals surface area contributed by atoms with Gasteiger partial charge in [0, 0.05) is 38.6 Å². The molecule has 0 aromatic heterocycles. The van der Waals surface area contributed by atoms with Crippen molar-refractivity contribution in [1.82, 2.24) is 0 Å². The molecule has 20 heavy (non-hydrogen) atoms. The highest BCUT2D eigenvalue weighted by atomic mass is 16.5. The van der Waals surface area contributed by atoms with Crippen molar-refractivity contribution in [3.8, 4) is 5.75 Å². The van der Waals surface area contributed by atoms with Crippen molar-refractivity contribution >= 4 is 5.69 Å². The van der Waals surface area contributed by atoms with Gasteiger partial charge in [-0.3, -0.25) is 0 Å². The Morgan fingerprint density at radius 1 is 1.20 bits per heavy atom. The third kappa shape index (κ3) is 7.36. The molecule has 0 saturated heterocycles. The van der Waals surface area contributed by atoms with Crippen molar-refractivity contribution in [3.63, 3.8) is 0 Å². The molecule has 0 bridgehead atoms. The van der Waals surface area contributed by atoms with Crippen molar-refractivity contribution in [2.45, 2.75) is 32.8 Å². The van der Waals surface area contributed by atoms with Gasteiger partial charge in [-0.15, -0.1) is 0 Å². The zero-order valence-electron chi connectivity index (χ0n) is 12.9. The van der Waals surface area contributed by atoms with Crippen LogP contribution in [-0.2, 0) is 9.47 Å². The second kappa shape index (κ2) is 10.5. The second-order valence-corrected chi connectivity index (χ2v) is 4.75. The number of methoxy groups -OCH3 is 1. The minimum atomic E-state index is 0.245. The van der Waals surface area contributed by atoms with Crippen LogP contribution in [0.1, 0.15) is 26.7 Å². The summed E-state index contributed by atoms with van der Waals surface area (Å²) in [5.41, 5.74) is 1.06. The number of hydrogen-bond donors (Lipinski definition) is 1. The number of nitrogens with one attached hydrogen (secondary N) is 1. The smallest absolute Gasteiger partial charge is 0.121 e. The number of rotatable bonds is 11. The second-order valence-electron chi connectivity index (χ2n) is 4.75. The van der Waals surface area contributed by atoms with Crippen molar-refractivity contribution in [2.24, 2.45) is 0 Å². The van der Waals surface area contributed by atoms with E-state index < -0.39 is 0 Å². The standard InChI is InChI=1S/C16H27NO3/c1-4-14(2)20-16-8-5-7-15(13-16)17-9-12-19-11-6-10-18-3/h5,7-8,13-14,17H,4,6,9-12H2,1-3H3. The molecule has 0 heterocycles. The lowest BCUT2D eigenvalue weighted by molar-refractivity contribution is 0.109. The molecule has 4 heteroatoms. The van der Waals surface area contributed by atoms with E-state index in [1.165, 1.54) is 0 Å².